The second kappa shape index (κ2) is 4.58. The Morgan fingerprint density at radius 1 is 1.62 bits per heavy atom. The molecule has 0 saturated carbocycles. The van der Waals surface area contributed by atoms with Crippen LogP contribution < -0.4 is 5.32 Å². The van der Waals surface area contributed by atoms with E-state index >= 15 is 0 Å². The predicted octanol–water partition coefficient (Wildman–Crippen LogP) is -0.632. The van der Waals surface area contributed by atoms with E-state index in [4.69, 9.17) is 0 Å². The van der Waals surface area contributed by atoms with Crippen LogP contribution in [0.4, 0.5) is 0 Å². The summed E-state index contributed by atoms with van der Waals surface area (Å²) in [6.45, 7) is 5.80. The quantitative estimate of drug-likeness (QED) is 0.622. The lowest BCUT2D eigenvalue weighted by molar-refractivity contribution is -0.135. The molecule has 1 aliphatic rings. The van der Waals surface area contributed by atoms with E-state index in [2.05, 4.69) is 17.1 Å². The number of hydrogen-bond acceptors (Lipinski definition) is 3. The van der Waals surface area contributed by atoms with Gasteiger partial charge in [0.2, 0.25) is 5.91 Å². The molecule has 1 amide bonds. The molecule has 1 atom stereocenters. The van der Waals surface area contributed by atoms with Gasteiger partial charge in [-0.25, -0.2) is 0 Å². The molecule has 0 bridgehead atoms. The fraction of sp³-hybridized carbons (Fsp3) is 0.889. The van der Waals surface area contributed by atoms with Gasteiger partial charge in [-0.05, 0) is 6.54 Å². The normalized spacial score (nSPS) is 24.4. The fourth-order valence-corrected chi connectivity index (χ4v) is 1.67. The summed E-state index contributed by atoms with van der Waals surface area (Å²) in [6.07, 6.45) is 0. The molecule has 1 saturated heterocycles. The average Bonchev–Trinajstić information content (AvgIpc) is 2.16. The van der Waals surface area contributed by atoms with Gasteiger partial charge in [-0.1, -0.05) is 6.92 Å². The van der Waals surface area contributed by atoms with Crippen molar-refractivity contribution in [2.24, 2.45) is 0 Å². The van der Waals surface area contributed by atoms with Crippen LogP contribution in [0, 0.1) is 0 Å². The van der Waals surface area contributed by atoms with Crippen LogP contribution in [0.2, 0.25) is 0 Å². The number of likely N-dealkylation sites (N-methyl/N-ethyl adjacent to an activating group) is 2. The Kier molecular flexibility index (Phi) is 3.69. The average molecular weight is 185 g/mol. The van der Waals surface area contributed by atoms with E-state index in [-0.39, 0.29) is 11.9 Å². The summed E-state index contributed by atoms with van der Waals surface area (Å²) >= 11 is 0. The zero-order valence-corrected chi connectivity index (χ0v) is 8.71. The van der Waals surface area contributed by atoms with Gasteiger partial charge in [0, 0.05) is 33.7 Å². The third-order valence-electron chi connectivity index (χ3n) is 2.49. The Hall–Kier alpha value is -0.610. The SMILES string of the molecule is CCN1CCNCC1C(=O)N(C)C. The fourth-order valence-electron chi connectivity index (χ4n) is 1.67. The lowest BCUT2D eigenvalue weighted by atomic mass is 10.1. The van der Waals surface area contributed by atoms with Crippen LogP contribution in [-0.2, 0) is 4.79 Å². The highest BCUT2D eigenvalue weighted by Gasteiger charge is 2.28. The van der Waals surface area contributed by atoms with Crippen molar-refractivity contribution in [2.45, 2.75) is 13.0 Å². The largest absolute Gasteiger partial charge is 0.347 e. The summed E-state index contributed by atoms with van der Waals surface area (Å²) in [5.41, 5.74) is 0. The summed E-state index contributed by atoms with van der Waals surface area (Å²) in [6, 6.07) is 0.0359. The first-order valence-electron chi connectivity index (χ1n) is 4.82. The molecule has 0 aliphatic carbocycles. The lowest BCUT2D eigenvalue weighted by Gasteiger charge is -2.35. The van der Waals surface area contributed by atoms with Crippen LogP contribution in [0.5, 0.6) is 0 Å². The molecule has 1 heterocycles. The van der Waals surface area contributed by atoms with E-state index in [1.54, 1.807) is 4.90 Å². The third kappa shape index (κ3) is 2.42. The van der Waals surface area contributed by atoms with Gasteiger partial charge in [-0.15, -0.1) is 0 Å². The number of carbonyl (C=O) groups excluding carboxylic acids is 1. The number of hydrogen-bond donors (Lipinski definition) is 1. The summed E-state index contributed by atoms with van der Waals surface area (Å²) in [7, 11) is 3.62. The van der Waals surface area contributed by atoms with Crippen molar-refractivity contribution in [2.75, 3.05) is 40.3 Å². The molecule has 0 aromatic heterocycles. The monoisotopic (exact) mass is 185 g/mol. The van der Waals surface area contributed by atoms with Crippen LogP contribution in [-0.4, -0.2) is 62.0 Å². The topological polar surface area (TPSA) is 35.6 Å². The number of piperazine rings is 1. The van der Waals surface area contributed by atoms with Crippen molar-refractivity contribution >= 4 is 5.91 Å². The Balaban J connectivity index is 2.58. The number of nitrogens with zero attached hydrogens (tertiary/aromatic N) is 2. The molecule has 76 valence electrons. The molecule has 0 spiro atoms. The smallest absolute Gasteiger partial charge is 0.240 e. The molecule has 1 fully saturated rings. The van der Waals surface area contributed by atoms with E-state index in [0.717, 1.165) is 26.2 Å². The van der Waals surface area contributed by atoms with Gasteiger partial charge >= 0.3 is 0 Å². The number of nitrogens with one attached hydrogen (secondary N) is 1. The van der Waals surface area contributed by atoms with E-state index < -0.39 is 0 Å². The molecule has 0 aromatic carbocycles. The second-order valence-corrected chi connectivity index (χ2v) is 3.58. The van der Waals surface area contributed by atoms with Crippen molar-refractivity contribution in [3.63, 3.8) is 0 Å². The Morgan fingerprint density at radius 2 is 2.31 bits per heavy atom. The van der Waals surface area contributed by atoms with Crippen LogP contribution >= 0.6 is 0 Å². The van der Waals surface area contributed by atoms with E-state index in [1.165, 1.54) is 0 Å². The van der Waals surface area contributed by atoms with Gasteiger partial charge in [0.05, 0.1) is 0 Å². The minimum atomic E-state index is 0.0359. The van der Waals surface area contributed by atoms with Crippen molar-refractivity contribution < 1.29 is 4.79 Å². The van der Waals surface area contributed by atoms with Crippen molar-refractivity contribution in [1.82, 2.24) is 15.1 Å². The summed E-state index contributed by atoms with van der Waals surface area (Å²) in [5.74, 6) is 0.203. The molecular formula is C9H19N3O. The van der Waals surface area contributed by atoms with Gasteiger partial charge in [-0.3, -0.25) is 9.69 Å². The first-order valence-corrected chi connectivity index (χ1v) is 4.82. The van der Waals surface area contributed by atoms with Gasteiger partial charge in [0.15, 0.2) is 0 Å². The Labute approximate surface area is 79.9 Å². The van der Waals surface area contributed by atoms with Crippen molar-refractivity contribution in [1.29, 1.82) is 0 Å². The molecule has 0 radical (unpaired) electrons. The van der Waals surface area contributed by atoms with E-state index in [9.17, 15) is 4.79 Å². The Bertz CT molecular complexity index is 182. The minimum absolute atomic E-state index is 0.0359. The Morgan fingerprint density at radius 3 is 2.85 bits per heavy atom. The highest BCUT2D eigenvalue weighted by Crippen LogP contribution is 2.04. The minimum Gasteiger partial charge on any atom is -0.347 e. The van der Waals surface area contributed by atoms with Crippen LogP contribution in [0.1, 0.15) is 6.92 Å². The van der Waals surface area contributed by atoms with E-state index in [1.807, 2.05) is 14.1 Å². The van der Waals surface area contributed by atoms with Gasteiger partial charge in [0.25, 0.3) is 0 Å². The van der Waals surface area contributed by atoms with Crippen molar-refractivity contribution in [3.8, 4) is 0 Å². The van der Waals surface area contributed by atoms with Crippen LogP contribution in [0.25, 0.3) is 0 Å². The maximum absolute atomic E-state index is 11.7. The summed E-state index contributed by atoms with van der Waals surface area (Å²) < 4.78 is 0. The first kappa shape index (κ1) is 10.5. The zero-order valence-electron chi connectivity index (χ0n) is 8.71. The third-order valence-corrected chi connectivity index (χ3v) is 2.49. The van der Waals surface area contributed by atoms with Crippen LogP contribution in [0.3, 0.4) is 0 Å². The summed E-state index contributed by atoms with van der Waals surface area (Å²) in [4.78, 5) is 15.6. The molecule has 1 aliphatic heterocycles. The second-order valence-electron chi connectivity index (χ2n) is 3.58. The predicted molar refractivity (Wildman–Crippen MR) is 52.6 cm³/mol. The lowest BCUT2D eigenvalue weighted by Crippen LogP contribution is -2.57. The van der Waals surface area contributed by atoms with Gasteiger partial charge < -0.3 is 10.2 Å². The molecule has 1 N–H and O–H groups in total. The molecular weight excluding hydrogens is 166 g/mol. The van der Waals surface area contributed by atoms with Crippen molar-refractivity contribution in [3.05, 3.63) is 0 Å². The standard InChI is InChI=1S/C9H19N3O/c1-4-12-6-5-10-7-8(12)9(13)11(2)3/h8,10H,4-7H2,1-3H3. The molecule has 4 heteroatoms. The van der Waals surface area contributed by atoms with Gasteiger partial charge in [-0.2, -0.15) is 0 Å². The highest BCUT2D eigenvalue weighted by atomic mass is 16.2. The molecule has 1 unspecified atom stereocenters. The maximum Gasteiger partial charge on any atom is 0.240 e. The maximum atomic E-state index is 11.7. The van der Waals surface area contributed by atoms with E-state index in [0.29, 0.717) is 0 Å². The number of rotatable bonds is 2. The number of amides is 1. The molecule has 0 aromatic rings. The van der Waals surface area contributed by atoms with Crippen LogP contribution in [0.15, 0.2) is 0 Å². The number of carbonyl (C=O) groups is 1. The highest BCUT2D eigenvalue weighted by molar-refractivity contribution is 5.81. The molecule has 13 heavy (non-hydrogen) atoms. The first-order chi connectivity index (χ1) is 6.16. The molecule has 1 rings (SSSR count). The zero-order chi connectivity index (χ0) is 9.84. The molecule has 4 nitrogen and oxygen atoms in total. The van der Waals surface area contributed by atoms with Gasteiger partial charge in [0.1, 0.15) is 6.04 Å². The summed E-state index contributed by atoms with van der Waals surface area (Å²) in [5, 5.41) is 3.25.